The van der Waals surface area contributed by atoms with Crippen molar-refractivity contribution in [2.45, 2.75) is 58.3 Å². The molecule has 25 heavy (non-hydrogen) atoms. The molecule has 1 atom stereocenters. The summed E-state index contributed by atoms with van der Waals surface area (Å²) in [5.41, 5.74) is 2.20. The van der Waals surface area contributed by atoms with Crippen LogP contribution in [0.15, 0.2) is 24.3 Å². The molecule has 1 amide bonds. The van der Waals surface area contributed by atoms with Gasteiger partial charge >= 0.3 is 0 Å². The fourth-order valence-electron chi connectivity index (χ4n) is 4.90. The molecule has 1 aromatic rings. The van der Waals surface area contributed by atoms with Crippen LogP contribution in [0.1, 0.15) is 62.4 Å². The number of hydrogen-bond donors (Lipinski definition) is 0. The standard InChI is InChI=1S/C21H31NO3/c1-14(2)16-7-9-17(10-8-16)19(23)22-13-20(18(22)15(3)4)11-21(12-20,24-5)25-6/h7-10,14-15,18H,11-13H2,1-6H3. The van der Waals surface area contributed by atoms with E-state index in [1.165, 1.54) is 5.56 Å². The van der Waals surface area contributed by atoms with E-state index in [0.717, 1.165) is 24.9 Å². The van der Waals surface area contributed by atoms with E-state index in [0.29, 0.717) is 11.8 Å². The lowest BCUT2D eigenvalue weighted by Crippen LogP contribution is -2.76. The number of carbonyl (C=O) groups excluding carboxylic acids is 1. The third-order valence-corrected chi connectivity index (χ3v) is 6.15. The minimum atomic E-state index is -0.457. The van der Waals surface area contributed by atoms with Crippen LogP contribution in [0.4, 0.5) is 0 Å². The molecule has 0 N–H and O–H groups in total. The second-order valence-electron chi connectivity index (χ2n) is 8.43. The molecule has 2 aliphatic rings. The number of hydrogen-bond acceptors (Lipinski definition) is 3. The van der Waals surface area contributed by atoms with Crippen molar-refractivity contribution in [3.05, 3.63) is 35.4 Å². The van der Waals surface area contributed by atoms with Gasteiger partial charge in [-0.05, 0) is 29.5 Å². The smallest absolute Gasteiger partial charge is 0.254 e. The van der Waals surface area contributed by atoms with Gasteiger partial charge in [0.15, 0.2) is 5.79 Å². The lowest BCUT2D eigenvalue weighted by atomic mass is 9.52. The molecular weight excluding hydrogens is 314 g/mol. The van der Waals surface area contributed by atoms with Gasteiger partial charge in [-0.25, -0.2) is 0 Å². The first-order valence-corrected chi connectivity index (χ1v) is 9.29. The molecule has 1 saturated heterocycles. The predicted octanol–water partition coefficient (Wildman–Crippen LogP) is 4.06. The van der Waals surface area contributed by atoms with Gasteiger partial charge in [0.1, 0.15) is 0 Å². The van der Waals surface area contributed by atoms with Gasteiger partial charge in [0, 0.05) is 50.6 Å². The molecule has 3 rings (SSSR count). The normalized spacial score (nSPS) is 23.7. The number of rotatable bonds is 5. The first kappa shape index (κ1) is 18.4. The van der Waals surface area contributed by atoms with Crippen molar-refractivity contribution < 1.29 is 14.3 Å². The molecule has 4 heteroatoms. The molecule has 1 heterocycles. The van der Waals surface area contributed by atoms with Gasteiger partial charge in [-0.1, -0.05) is 39.8 Å². The third kappa shape index (κ3) is 2.89. The number of likely N-dealkylation sites (tertiary alicyclic amines) is 1. The summed E-state index contributed by atoms with van der Waals surface area (Å²) in [7, 11) is 3.41. The van der Waals surface area contributed by atoms with Crippen LogP contribution in [0.25, 0.3) is 0 Å². The second kappa shape index (κ2) is 6.40. The molecule has 1 aliphatic heterocycles. The second-order valence-corrected chi connectivity index (χ2v) is 8.43. The van der Waals surface area contributed by atoms with Crippen molar-refractivity contribution in [1.82, 2.24) is 4.90 Å². The van der Waals surface area contributed by atoms with Crippen molar-refractivity contribution in [3.63, 3.8) is 0 Å². The molecule has 0 bridgehead atoms. The highest BCUT2D eigenvalue weighted by Gasteiger charge is 2.67. The monoisotopic (exact) mass is 345 g/mol. The number of amides is 1. The summed E-state index contributed by atoms with van der Waals surface area (Å²) in [4.78, 5) is 15.1. The summed E-state index contributed by atoms with van der Waals surface area (Å²) in [6.07, 6.45) is 1.73. The largest absolute Gasteiger partial charge is 0.353 e. The van der Waals surface area contributed by atoms with Gasteiger partial charge < -0.3 is 14.4 Å². The molecule has 0 radical (unpaired) electrons. The number of ether oxygens (including phenoxy) is 2. The molecule has 1 saturated carbocycles. The van der Waals surface area contributed by atoms with E-state index in [-0.39, 0.29) is 17.4 Å². The fraction of sp³-hybridized carbons (Fsp3) is 0.667. The Labute approximate surface area is 151 Å². The summed E-state index contributed by atoms with van der Waals surface area (Å²) in [5.74, 6) is 0.582. The summed E-state index contributed by atoms with van der Waals surface area (Å²) >= 11 is 0. The predicted molar refractivity (Wildman–Crippen MR) is 98.6 cm³/mol. The van der Waals surface area contributed by atoms with Gasteiger partial charge in [-0.3, -0.25) is 4.79 Å². The van der Waals surface area contributed by atoms with Crippen LogP contribution >= 0.6 is 0 Å². The Morgan fingerprint density at radius 2 is 1.64 bits per heavy atom. The van der Waals surface area contributed by atoms with Gasteiger partial charge in [0.05, 0.1) is 0 Å². The highest BCUT2D eigenvalue weighted by atomic mass is 16.7. The Balaban J connectivity index is 1.74. The zero-order chi connectivity index (χ0) is 18.4. The summed E-state index contributed by atoms with van der Waals surface area (Å²) in [5, 5.41) is 0. The summed E-state index contributed by atoms with van der Waals surface area (Å²) in [6.45, 7) is 9.54. The molecule has 1 unspecified atom stereocenters. The maximum atomic E-state index is 13.0. The zero-order valence-electron chi connectivity index (χ0n) is 16.3. The molecule has 1 aliphatic carbocycles. The maximum Gasteiger partial charge on any atom is 0.254 e. The van der Waals surface area contributed by atoms with Crippen molar-refractivity contribution >= 4 is 5.91 Å². The van der Waals surface area contributed by atoms with E-state index in [1.807, 2.05) is 17.0 Å². The number of carbonyl (C=O) groups is 1. The zero-order valence-corrected chi connectivity index (χ0v) is 16.3. The van der Waals surface area contributed by atoms with Gasteiger partial charge in [-0.15, -0.1) is 0 Å². The van der Waals surface area contributed by atoms with Gasteiger partial charge in [0.2, 0.25) is 0 Å². The van der Waals surface area contributed by atoms with Crippen molar-refractivity contribution in [2.24, 2.45) is 11.3 Å². The van der Waals surface area contributed by atoms with Crippen LogP contribution in [0.5, 0.6) is 0 Å². The Hall–Kier alpha value is -1.39. The Morgan fingerprint density at radius 3 is 2.08 bits per heavy atom. The first-order chi connectivity index (χ1) is 11.8. The van der Waals surface area contributed by atoms with Crippen LogP contribution in [-0.2, 0) is 9.47 Å². The highest BCUT2D eigenvalue weighted by molar-refractivity contribution is 5.95. The van der Waals surface area contributed by atoms with E-state index < -0.39 is 5.79 Å². The molecule has 1 spiro atoms. The first-order valence-electron chi connectivity index (χ1n) is 9.29. The lowest BCUT2D eigenvalue weighted by molar-refractivity contribution is -0.332. The van der Waals surface area contributed by atoms with E-state index in [9.17, 15) is 4.79 Å². The van der Waals surface area contributed by atoms with Crippen molar-refractivity contribution in [2.75, 3.05) is 20.8 Å². The number of nitrogens with zero attached hydrogens (tertiary/aromatic N) is 1. The minimum absolute atomic E-state index is 0.145. The fourth-order valence-corrected chi connectivity index (χ4v) is 4.90. The van der Waals surface area contributed by atoms with Crippen molar-refractivity contribution in [1.29, 1.82) is 0 Å². The molecule has 2 fully saturated rings. The van der Waals surface area contributed by atoms with Gasteiger partial charge in [0.25, 0.3) is 5.91 Å². The quantitative estimate of drug-likeness (QED) is 0.756. The van der Waals surface area contributed by atoms with Crippen LogP contribution < -0.4 is 0 Å². The number of benzene rings is 1. The molecule has 0 aromatic heterocycles. The van der Waals surface area contributed by atoms with Gasteiger partial charge in [-0.2, -0.15) is 0 Å². The lowest BCUT2D eigenvalue weighted by Gasteiger charge is -2.68. The maximum absolute atomic E-state index is 13.0. The van der Waals surface area contributed by atoms with Crippen LogP contribution in [0.3, 0.4) is 0 Å². The van der Waals surface area contributed by atoms with Crippen LogP contribution in [0.2, 0.25) is 0 Å². The molecule has 138 valence electrons. The van der Waals surface area contributed by atoms with Crippen molar-refractivity contribution in [3.8, 4) is 0 Å². The summed E-state index contributed by atoms with van der Waals surface area (Å²) < 4.78 is 11.1. The topological polar surface area (TPSA) is 38.8 Å². The Morgan fingerprint density at radius 1 is 1.08 bits per heavy atom. The molecule has 4 nitrogen and oxygen atoms in total. The SMILES string of the molecule is COC1(OC)CC2(CN(C(=O)c3ccc(C(C)C)cc3)C2C(C)C)C1. The number of methoxy groups -OCH3 is 2. The Bertz CT molecular complexity index is 623. The molecular formula is C21H31NO3. The van der Waals surface area contributed by atoms with E-state index in [1.54, 1.807) is 14.2 Å². The highest BCUT2D eigenvalue weighted by Crippen LogP contribution is 2.61. The van der Waals surface area contributed by atoms with Crippen LogP contribution in [-0.4, -0.2) is 43.4 Å². The summed E-state index contributed by atoms with van der Waals surface area (Å²) in [6, 6.07) is 8.33. The van der Waals surface area contributed by atoms with E-state index >= 15 is 0 Å². The van der Waals surface area contributed by atoms with E-state index in [4.69, 9.17) is 9.47 Å². The molecule has 1 aromatic carbocycles. The average Bonchev–Trinajstić information content (AvgIpc) is 2.53. The Kier molecular flexibility index (Phi) is 4.71. The minimum Gasteiger partial charge on any atom is -0.353 e. The van der Waals surface area contributed by atoms with Crippen LogP contribution in [0, 0.1) is 11.3 Å². The average molecular weight is 345 g/mol. The van der Waals surface area contributed by atoms with E-state index in [2.05, 4.69) is 39.8 Å². The third-order valence-electron chi connectivity index (χ3n) is 6.15.